The minimum Gasteiger partial charge on any atom is -0.396 e. The first-order chi connectivity index (χ1) is 9.83. The minimum absolute atomic E-state index is 0.359. The van der Waals surface area contributed by atoms with Gasteiger partial charge in [0.05, 0.1) is 0 Å². The van der Waals surface area contributed by atoms with Crippen LogP contribution in [0.15, 0.2) is 28.7 Å². The summed E-state index contributed by atoms with van der Waals surface area (Å²) < 4.78 is 1.17. The number of aliphatic hydroxyl groups excluding tert-OH is 1. The second kappa shape index (κ2) is 12.4. The summed E-state index contributed by atoms with van der Waals surface area (Å²) in [4.78, 5) is 0. The Morgan fingerprint density at radius 3 is 1.60 bits per heavy atom. The fourth-order valence-electron chi connectivity index (χ4n) is 2.51. The molecular formula is C18H29BrO. The summed E-state index contributed by atoms with van der Waals surface area (Å²) >= 11 is 3.47. The van der Waals surface area contributed by atoms with Gasteiger partial charge in [-0.15, -0.1) is 0 Å². The van der Waals surface area contributed by atoms with Crippen molar-refractivity contribution in [3.8, 4) is 0 Å². The lowest BCUT2D eigenvalue weighted by Crippen LogP contribution is -1.87. The highest BCUT2D eigenvalue weighted by Gasteiger charge is 1.95. The van der Waals surface area contributed by atoms with E-state index in [4.69, 9.17) is 5.11 Å². The van der Waals surface area contributed by atoms with Crippen LogP contribution >= 0.6 is 15.9 Å². The first kappa shape index (κ1) is 17.7. The van der Waals surface area contributed by atoms with Crippen molar-refractivity contribution in [2.24, 2.45) is 0 Å². The highest BCUT2D eigenvalue weighted by Crippen LogP contribution is 2.14. The number of rotatable bonds is 12. The van der Waals surface area contributed by atoms with E-state index in [1.807, 2.05) is 0 Å². The van der Waals surface area contributed by atoms with Crippen LogP contribution in [0.4, 0.5) is 0 Å². The van der Waals surface area contributed by atoms with E-state index in [1.165, 1.54) is 74.2 Å². The number of benzene rings is 1. The van der Waals surface area contributed by atoms with Gasteiger partial charge in [-0.1, -0.05) is 79.4 Å². The summed E-state index contributed by atoms with van der Waals surface area (Å²) in [6.45, 7) is 0.359. The molecule has 1 nitrogen and oxygen atoms in total. The molecule has 1 aromatic carbocycles. The topological polar surface area (TPSA) is 20.2 Å². The highest BCUT2D eigenvalue weighted by molar-refractivity contribution is 9.10. The van der Waals surface area contributed by atoms with Gasteiger partial charge in [-0.3, -0.25) is 0 Å². The van der Waals surface area contributed by atoms with Crippen LogP contribution in [0.1, 0.15) is 69.8 Å². The average molecular weight is 341 g/mol. The minimum atomic E-state index is 0.359. The maximum Gasteiger partial charge on any atom is 0.0431 e. The third-order valence-electron chi connectivity index (χ3n) is 3.79. The Morgan fingerprint density at radius 1 is 0.650 bits per heavy atom. The Bertz CT molecular complexity index is 321. The largest absolute Gasteiger partial charge is 0.396 e. The molecule has 1 N–H and O–H groups in total. The van der Waals surface area contributed by atoms with Crippen molar-refractivity contribution in [3.05, 3.63) is 34.3 Å². The van der Waals surface area contributed by atoms with E-state index in [2.05, 4.69) is 40.2 Å². The predicted molar refractivity (Wildman–Crippen MR) is 91.1 cm³/mol. The molecule has 0 radical (unpaired) electrons. The van der Waals surface area contributed by atoms with Crippen LogP contribution in [0, 0.1) is 0 Å². The van der Waals surface area contributed by atoms with E-state index in [0.29, 0.717) is 6.61 Å². The molecule has 1 aromatic rings. The first-order valence-electron chi connectivity index (χ1n) is 8.18. The Hall–Kier alpha value is -0.340. The lowest BCUT2D eigenvalue weighted by molar-refractivity contribution is 0.282. The van der Waals surface area contributed by atoms with E-state index in [9.17, 15) is 0 Å². The van der Waals surface area contributed by atoms with Crippen molar-refractivity contribution in [2.45, 2.75) is 70.6 Å². The SMILES string of the molecule is OCCCCCCCCCCCCc1ccc(Br)cc1. The van der Waals surface area contributed by atoms with Crippen LogP contribution < -0.4 is 0 Å². The van der Waals surface area contributed by atoms with Crippen molar-refractivity contribution >= 4 is 15.9 Å². The Labute approximate surface area is 132 Å². The standard InChI is InChI=1S/C18H29BrO/c19-18-14-12-17(13-15-18)11-9-7-5-3-1-2-4-6-8-10-16-20/h12-15,20H,1-11,16H2. The molecule has 0 unspecified atom stereocenters. The summed E-state index contributed by atoms with van der Waals surface area (Å²) in [5.41, 5.74) is 1.46. The van der Waals surface area contributed by atoms with Gasteiger partial charge in [-0.25, -0.2) is 0 Å². The van der Waals surface area contributed by atoms with Gasteiger partial charge in [0.2, 0.25) is 0 Å². The molecule has 0 saturated carbocycles. The summed E-state index contributed by atoms with van der Waals surface area (Å²) in [6.07, 6.45) is 14.2. The lowest BCUT2D eigenvalue weighted by Gasteiger charge is -2.03. The Kier molecular flexibility index (Phi) is 11.0. The summed E-state index contributed by atoms with van der Waals surface area (Å²) in [5.74, 6) is 0. The maximum absolute atomic E-state index is 8.68. The zero-order valence-corrected chi connectivity index (χ0v) is 14.2. The lowest BCUT2D eigenvalue weighted by atomic mass is 10.0. The van der Waals surface area contributed by atoms with Crippen LogP contribution in [0.25, 0.3) is 0 Å². The van der Waals surface area contributed by atoms with E-state index in [-0.39, 0.29) is 0 Å². The molecule has 0 heterocycles. The molecule has 0 aromatic heterocycles. The predicted octanol–water partition coefficient (Wildman–Crippen LogP) is 5.88. The third-order valence-corrected chi connectivity index (χ3v) is 4.32. The van der Waals surface area contributed by atoms with Gasteiger partial charge < -0.3 is 5.11 Å². The van der Waals surface area contributed by atoms with Crippen LogP contribution in [0.5, 0.6) is 0 Å². The molecule has 0 aliphatic carbocycles. The van der Waals surface area contributed by atoms with Gasteiger partial charge >= 0.3 is 0 Å². The molecule has 0 fully saturated rings. The molecule has 2 heteroatoms. The Morgan fingerprint density at radius 2 is 1.10 bits per heavy atom. The number of aliphatic hydroxyl groups is 1. The molecule has 20 heavy (non-hydrogen) atoms. The van der Waals surface area contributed by atoms with Crippen LogP contribution in [-0.2, 0) is 6.42 Å². The van der Waals surface area contributed by atoms with E-state index in [0.717, 1.165) is 6.42 Å². The number of unbranched alkanes of at least 4 members (excludes halogenated alkanes) is 9. The number of hydrogen-bond donors (Lipinski definition) is 1. The molecule has 0 spiro atoms. The molecule has 0 bridgehead atoms. The highest BCUT2D eigenvalue weighted by atomic mass is 79.9. The second-order valence-corrected chi connectivity index (χ2v) is 6.55. The van der Waals surface area contributed by atoms with Crippen molar-refractivity contribution in [1.29, 1.82) is 0 Å². The van der Waals surface area contributed by atoms with Gasteiger partial charge in [0.15, 0.2) is 0 Å². The molecule has 0 aliphatic heterocycles. The number of aryl methyl sites for hydroxylation is 1. The number of hydrogen-bond acceptors (Lipinski definition) is 1. The maximum atomic E-state index is 8.68. The van der Waals surface area contributed by atoms with Gasteiger partial charge in [0.1, 0.15) is 0 Å². The molecule has 0 aliphatic rings. The molecule has 0 atom stereocenters. The van der Waals surface area contributed by atoms with Crippen molar-refractivity contribution < 1.29 is 5.11 Å². The molecule has 0 amide bonds. The summed E-state index contributed by atoms with van der Waals surface area (Å²) in [7, 11) is 0. The summed E-state index contributed by atoms with van der Waals surface area (Å²) in [5, 5.41) is 8.68. The molecular weight excluding hydrogens is 312 g/mol. The number of halogens is 1. The fourth-order valence-corrected chi connectivity index (χ4v) is 2.77. The van der Waals surface area contributed by atoms with Crippen LogP contribution in [-0.4, -0.2) is 11.7 Å². The normalized spacial score (nSPS) is 10.9. The zero-order chi connectivity index (χ0) is 14.5. The van der Waals surface area contributed by atoms with Gasteiger partial charge in [-0.2, -0.15) is 0 Å². The van der Waals surface area contributed by atoms with E-state index >= 15 is 0 Å². The van der Waals surface area contributed by atoms with Gasteiger partial charge in [-0.05, 0) is 37.0 Å². The third kappa shape index (κ3) is 9.55. The van der Waals surface area contributed by atoms with Crippen molar-refractivity contribution in [2.75, 3.05) is 6.61 Å². The van der Waals surface area contributed by atoms with Crippen molar-refractivity contribution in [3.63, 3.8) is 0 Å². The van der Waals surface area contributed by atoms with Gasteiger partial charge in [0, 0.05) is 11.1 Å². The molecule has 1 rings (SSSR count). The summed E-state index contributed by atoms with van der Waals surface area (Å²) in [6, 6.07) is 8.70. The molecule has 0 saturated heterocycles. The van der Waals surface area contributed by atoms with E-state index < -0.39 is 0 Å². The Balaban J connectivity index is 1.84. The monoisotopic (exact) mass is 340 g/mol. The van der Waals surface area contributed by atoms with Crippen LogP contribution in [0.2, 0.25) is 0 Å². The van der Waals surface area contributed by atoms with E-state index in [1.54, 1.807) is 0 Å². The van der Waals surface area contributed by atoms with Crippen LogP contribution in [0.3, 0.4) is 0 Å². The average Bonchev–Trinajstić information content (AvgIpc) is 2.47. The first-order valence-corrected chi connectivity index (χ1v) is 8.97. The second-order valence-electron chi connectivity index (χ2n) is 5.64. The fraction of sp³-hybridized carbons (Fsp3) is 0.667. The molecule has 114 valence electrons. The smallest absolute Gasteiger partial charge is 0.0431 e. The van der Waals surface area contributed by atoms with Gasteiger partial charge in [0.25, 0.3) is 0 Å². The zero-order valence-electron chi connectivity index (χ0n) is 12.6. The quantitative estimate of drug-likeness (QED) is 0.470. The van der Waals surface area contributed by atoms with Crippen molar-refractivity contribution in [1.82, 2.24) is 0 Å².